The van der Waals surface area contributed by atoms with E-state index in [9.17, 15) is 14.9 Å². The maximum absolute atomic E-state index is 12.4. The van der Waals surface area contributed by atoms with Crippen molar-refractivity contribution in [2.24, 2.45) is 0 Å². The summed E-state index contributed by atoms with van der Waals surface area (Å²) in [7, 11) is 0. The minimum atomic E-state index is -0.440. The number of hydrogen-bond donors (Lipinski definition) is 1. The molecule has 0 saturated heterocycles. The van der Waals surface area contributed by atoms with Crippen molar-refractivity contribution >= 4 is 39.8 Å². The minimum Gasteiger partial charge on any atom is -0.325 e. The average Bonchev–Trinajstić information content (AvgIpc) is 2.62. The number of anilines is 1. The lowest BCUT2D eigenvalue weighted by Gasteiger charge is -2.12. The quantitative estimate of drug-likeness (QED) is 0.404. The Labute approximate surface area is 149 Å². The largest absolute Gasteiger partial charge is 0.325 e. The van der Waals surface area contributed by atoms with Crippen molar-refractivity contribution in [3.63, 3.8) is 0 Å². The molecule has 3 aromatic carbocycles. The summed E-state index contributed by atoms with van der Waals surface area (Å²) in [6.45, 7) is 1.81. The smallest absolute Gasteiger partial charge is 0.269 e. The average molecular weight is 352 g/mol. The van der Waals surface area contributed by atoms with E-state index in [4.69, 9.17) is 0 Å². The van der Waals surface area contributed by atoms with E-state index in [0.717, 1.165) is 21.4 Å². The molecular formula is C19H16N2O3S. The lowest BCUT2D eigenvalue weighted by molar-refractivity contribution is -0.384. The molecule has 25 heavy (non-hydrogen) atoms. The van der Waals surface area contributed by atoms with E-state index in [1.807, 2.05) is 49.4 Å². The molecule has 3 aromatic rings. The molecule has 0 fully saturated rings. The normalized spacial score (nSPS) is 11.9. The van der Waals surface area contributed by atoms with E-state index in [1.54, 1.807) is 12.1 Å². The predicted molar refractivity (Wildman–Crippen MR) is 101 cm³/mol. The summed E-state index contributed by atoms with van der Waals surface area (Å²) in [5, 5.41) is 15.4. The van der Waals surface area contributed by atoms with Crippen molar-refractivity contribution < 1.29 is 9.72 Å². The summed E-state index contributed by atoms with van der Waals surface area (Å²) in [5.41, 5.74) is 0.789. The van der Waals surface area contributed by atoms with Crippen LogP contribution in [0.25, 0.3) is 10.8 Å². The molecule has 126 valence electrons. The summed E-state index contributed by atoms with van der Waals surface area (Å²) in [6.07, 6.45) is 0. The van der Waals surface area contributed by atoms with Crippen molar-refractivity contribution in [2.45, 2.75) is 17.1 Å². The number of nitrogens with one attached hydrogen (secondary N) is 1. The van der Waals surface area contributed by atoms with Crippen LogP contribution in [0.1, 0.15) is 6.92 Å². The zero-order chi connectivity index (χ0) is 17.8. The summed E-state index contributed by atoms with van der Waals surface area (Å²) < 4.78 is 0. The van der Waals surface area contributed by atoms with Crippen LogP contribution in [-0.4, -0.2) is 16.1 Å². The van der Waals surface area contributed by atoms with E-state index >= 15 is 0 Å². The maximum Gasteiger partial charge on any atom is 0.269 e. The van der Waals surface area contributed by atoms with Gasteiger partial charge in [-0.15, -0.1) is 11.8 Å². The molecule has 0 heterocycles. The van der Waals surface area contributed by atoms with Crippen LogP contribution in [0.2, 0.25) is 0 Å². The lowest BCUT2D eigenvalue weighted by Crippen LogP contribution is -2.22. The predicted octanol–water partition coefficient (Wildman–Crippen LogP) is 4.87. The van der Waals surface area contributed by atoms with Crippen LogP contribution in [-0.2, 0) is 4.79 Å². The van der Waals surface area contributed by atoms with E-state index in [-0.39, 0.29) is 16.8 Å². The van der Waals surface area contributed by atoms with Crippen molar-refractivity contribution in [2.75, 3.05) is 5.32 Å². The van der Waals surface area contributed by atoms with Crippen molar-refractivity contribution in [3.05, 3.63) is 76.8 Å². The van der Waals surface area contributed by atoms with Crippen LogP contribution in [0.5, 0.6) is 0 Å². The fourth-order valence-electron chi connectivity index (χ4n) is 2.42. The molecule has 1 atom stereocenters. The second-order valence-electron chi connectivity index (χ2n) is 5.56. The van der Waals surface area contributed by atoms with Crippen molar-refractivity contribution in [1.29, 1.82) is 0 Å². The highest BCUT2D eigenvalue weighted by Gasteiger charge is 2.15. The lowest BCUT2D eigenvalue weighted by atomic mass is 10.1. The van der Waals surface area contributed by atoms with Gasteiger partial charge in [-0.2, -0.15) is 0 Å². The highest BCUT2D eigenvalue weighted by Crippen LogP contribution is 2.26. The number of amides is 1. The van der Waals surface area contributed by atoms with Gasteiger partial charge in [0.2, 0.25) is 5.91 Å². The number of nitro benzene ring substituents is 1. The molecule has 0 radical (unpaired) electrons. The Kier molecular flexibility index (Phi) is 5.00. The van der Waals surface area contributed by atoms with Gasteiger partial charge >= 0.3 is 0 Å². The Morgan fingerprint density at radius 1 is 1.04 bits per heavy atom. The number of fused-ring (bicyclic) bond motifs is 1. The third kappa shape index (κ3) is 4.16. The maximum atomic E-state index is 12.4. The number of non-ortho nitro benzene ring substituents is 1. The number of thioether (sulfide) groups is 1. The van der Waals surface area contributed by atoms with Crippen LogP contribution in [0, 0.1) is 10.1 Å². The fraction of sp³-hybridized carbons (Fsp3) is 0.105. The van der Waals surface area contributed by atoms with Gasteiger partial charge in [-0.05, 0) is 42.0 Å². The highest BCUT2D eigenvalue weighted by molar-refractivity contribution is 8.00. The summed E-state index contributed by atoms with van der Waals surface area (Å²) in [6, 6.07) is 19.9. The Morgan fingerprint density at radius 3 is 2.40 bits per heavy atom. The summed E-state index contributed by atoms with van der Waals surface area (Å²) in [5.74, 6) is -0.112. The van der Waals surface area contributed by atoms with Crippen LogP contribution in [0.15, 0.2) is 71.6 Å². The zero-order valence-electron chi connectivity index (χ0n) is 13.5. The second-order valence-corrected chi connectivity index (χ2v) is 6.98. The first-order chi connectivity index (χ1) is 12.0. The van der Waals surface area contributed by atoms with Gasteiger partial charge in [0, 0.05) is 22.7 Å². The standard InChI is InChI=1S/C19H16N2O3S/c1-13(25-18-10-8-17(9-11-18)21(23)24)19(22)20-16-7-6-14-4-2-3-5-15(14)12-16/h2-13H,1H3,(H,20,22)/t13-/m1/s1. The molecule has 1 N–H and O–H groups in total. The summed E-state index contributed by atoms with van der Waals surface area (Å²) >= 11 is 1.36. The fourth-order valence-corrected chi connectivity index (χ4v) is 3.28. The van der Waals surface area contributed by atoms with E-state index in [2.05, 4.69) is 5.32 Å². The Hall–Kier alpha value is -2.86. The van der Waals surface area contributed by atoms with Crippen molar-refractivity contribution in [3.8, 4) is 0 Å². The Morgan fingerprint density at radius 2 is 1.72 bits per heavy atom. The number of rotatable bonds is 5. The molecule has 0 aliphatic carbocycles. The van der Waals surface area contributed by atoms with Crippen LogP contribution >= 0.6 is 11.8 Å². The van der Waals surface area contributed by atoms with Gasteiger partial charge in [0.1, 0.15) is 0 Å². The molecule has 0 aliphatic rings. The van der Waals surface area contributed by atoms with E-state index in [1.165, 1.54) is 23.9 Å². The Balaban J connectivity index is 1.66. The van der Waals surface area contributed by atoms with Gasteiger partial charge in [-0.3, -0.25) is 14.9 Å². The molecule has 0 aromatic heterocycles. The van der Waals surface area contributed by atoms with Crippen LogP contribution < -0.4 is 5.32 Å². The molecule has 0 spiro atoms. The second kappa shape index (κ2) is 7.36. The molecule has 0 unspecified atom stereocenters. The first-order valence-corrected chi connectivity index (χ1v) is 8.62. The van der Waals surface area contributed by atoms with Gasteiger partial charge in [-0.25, -0.2) is 0 Å². The molecule has 3 rings (SSSR count). The highest BCUT2D eigenvalue weighted by atomic mass is 32.2. The van der Waals surface area contributed by atoms with E-state index in [0.29, 0.717) is 0 Å². The van der Waals surface area contributed by atoms with Gasteiger partial charge < -0.3 is 5.32 Å². The first-order valence-electron chi connectivity index (χ1n) is 7.74. The van der Waals surface area contributed by atoms with Crippen molar-refractivity contribution in [1.82, 2.24) is 0 Å². The number of carbonyl (C=O) groups excluding carboxylic acids is 1. The SMILES string of the molecule is C[C@@H](Sc1ccc([N+](=O)[O-])cc1)C(=O)Nc1ccc2ccccc2c1. The molecule has 6 heteroatoms. The Bertz CT molecular complexity index is 925. The monoisotopic (exact) mass is 352 g/mol. The zero-order valence-corrected chi connectivity index (χ0v) is 14.3. The number of nitro groups is 1. The number of hydrogen-bond acceptors (Lipinski definition) is 4. The van der Waals surface area contributed by atoms with Gasteiger partial charge in [0.15, 0.2) is 0 Å². The molecule has 1 amide bonds. The van der Waals surface area contributed by atoms with Crippen LogP contribution in [0.3, 0.4) is 0 Å². The van der Waals surface area contributed by atoms with E-state index < -0.39 is 4.92 Å². The third-order valence-electron chi connectivity index (χ3n) is 3.75. The third-order valence-corrected chi connectivity index (χ3v) is 4.86. The van der Waals surface area contributed by atoms with Crippen LogP contribution in [0.4, 0.5) is 11.4 Å². The molecule has 0 bridgehead atoms. The topological polar surface area (TPSA) is 72.2 Å². The minimum absolute atomic E-state index is 0.0395. The first kappa shape index (κ1) is 17.0. The van der Waals surface area contributed by atoms with Gasteiger partial charge in [0.25, 0.3) is 5.69 Å². The van der Waals surface area contributed by atoms with Gasteiger partial charge in [-0.1, -0.05) is 30.3 Å². The number of benzene rings is 3. The molecular weight excluding hydrogens is 336 g/mol. The number of carbonyl (C=O) groups is 1. The molecule has 0 saturated carbocycles. The molecule has 5 nitrogen and oxygen atoms in total. The molecule has 0 aliphatic heterocycles. The summed E-state index contributed by atoms with van der Waals surface area (Å²) in [4.78, 5) is 23.4. The van der Waals surface area contributed by atoms with Gasteiger partial charge in [0.05, 0.1) is 10.2 Å². The number of nitrogens with zero attached hydrogens (tertiary/aromatic N) is 1.